The van der Waals surface area contributed by atoms with Crippen molar-refractivity contribution in [1.82, 2.24) is 20.2 Å². The van der Waals surface area contributed by atoms with E-state index in [1.165, 1.54) is 12.1 Å². The summed E-state index contributed by atoms with van der Waals surface area (Å²) in [6.07, 6.45) is 2.04. The Morgan fingerprint density at radius 3 is 2.83 bits per heavy atom. The maximum absolute atomic E-state index is 16.6. The fraction of sp³-hybridized carbons (Fsp3) is 0.393. The Bertz CT molecular complexity index is 1670. The van der Waals surface area contributed by atoms with Crippen LogP contribution in [0, 0.1) is 23.0 Å². The first-order chi connectivity index (χ1) is 19.3. The number of pyridine rings is 1. The maximum Gasteiger partial charge on any atom is 0.234 e. The van der Waals surface area contributed by atoms with Crippen molar-refractivity contribution >= 4 is 54.9 Å². The van der Waals surface area contributed by atoms with Crippen molar-refractivity contribution in [1.29, 1.82) is 5.26 Å². The van der Waals surface area contributed by atoms with Crippen LogP contribution in [0.15, 0.2) is 18.2 Å². The van der Waals surface area contributed by atoms with Gasteiger partial charge in [-0.15, -0.1) is 0 Å². The number of nitrogens with one attached hydrogen (secondary N) is 1. The lowest BCUT2D eigenvalue weighted by atomic mass is 9.98. The van der Waals surface area contributed by atoms with Gasteiger partial charge < -0.3 is 25.6 Å². The Kier molecular flexibility index (Phi) is 7.12. The number of nitriles is 1. The van der Waals surface area contributed by atoms with Crippen molar-refractivity contribution < 1.29 is 13.5 Å². The largest absolute Gasteiger partial charge is 0.475 e. The lowest BCUT2D eigenvalue weighted by molar-refractivity contribution is 0.193. The van der Waals surface area contributed by atoms with E-state index in [1.807, 2.05) is 7.05 Å². The Hall–Kier alpha value is -3.30. The van der Waals surface area contributed by atoms with Crippen molar-refractivity contribution in [3.63, 3.8) is 0 Å². The first-order valence-electron chi connectivity index (χ1n) is 13.2. The minimum atomic E-state index is -0.696. The molecule has 0 bridgehead atoms. The van der Waals surface area contributed by atoms with E-state index in [0.717, 1.165) is 30.7 Å². The summed E-state index contributed by atoms with van der Waals surface area (Å²) >= 11 is 7.75. The van der Waals surface area contributed by atoms with Gasteiger partial charge in [-0.25, -0.2) is 18.7 Å². The van der Waals surface area contributed by atoms with Gasteiger partial charge in [0.25, 0.3) is 0 Å². The number of benzene rings is 2. The summed E-state index contributed by atoms with van der Waals surface area (Å²) in [4.78, 5) is 13.1. The SMILES string of the molecule is C[C@@H]1CN(c2c(C#N)c(OC[C@@H]3CCCN3C)nc3c(F)c(-c4ccc(F)c5sc(N)nc45)c(Cl)cc23)CCN1. The molecule has 0 saturated carbocycles. The Morgan fingerprint density at radius 1 is 1.27 bits per heavy atom. The lowest BCUT2D eigenvalue weighted by Gasteiger charge is -2.35. The van der Waals surface area contributed by atoms with Crippen LogP contribution in [0.3, 0.4) is 0 Å². The fourth-order valence-electron chi connectivity index (χ4n) is 5.77. The van der Waals surface area contributed by atoms with E-state index in [1.54, 1.807) is 6.07 Å². The summed E-state index contributed by atoms with van der Waals surface area (Å²) < 4.78 is 37.5. The quantitative estimate of drug-likeness (QED) is 0.332. The molecule has 0 spiro atoms. The molecule has 40 heavy (non-hydrogen) atoms. The van der Waals surface area contributed by atoms with Crippen molar-refractivity contribution in [2.75, 3.05) is 50.5 Å². The molecule has 208 valence electrons. The molecule has 2 atom stereocenters. The van der Waals surface area contributed by atoms with Crippen LogP contribution in [0.5, 0.6) is 5.88 Å². The van der Waals surface area contributed by atoms with E-state index in [4.69, 9.17) is 22.1 Å². The highest BCUT2D eigenvalue weighted by molar-refractivity contribution is 7.22. The summed E-state index contributed by atoms with van der Waals surface area (Å²) in [6.45, 7) is 5.28. The molecular weight excluding hydrogens is 556 g/mol. The molecule has 2 fully saturated rings. The van der Waals surface area contributed by atoms with E-state index >= 15 is 4.39 Å². The third-order valence-electron chi connectivity index (χ3n) is 7.77. The number of likely N-dealkylation sites (N-methyl/N-ethyl adjacent to an activating group) is 1. The molecule has 4 aromatic rings. The highest BCUT2D eigenvalue weighted by Crippen LogP contribution is 2.44. The van der Waals surface area contributed by atoms with Gasteiger partial charge in [0.2, 0.25) is 5.88 Å². The van der Waals surface area contributed by atoms with Gasteiger partial charge in [-0.2, -0.15) is 5.26 Å². The van der Waals surface area contributed by atoms with Gasteiger partial charge in [-0.05, 0) is 51.6 Å². The Morgan fingerprint density at radius 2 is 2.10 bits per heavy atom. The Balaban J connectivity index is 1.58. The molecule has 0 aliphatic carbocycles. The van der Waals surface area contributed by atoms with E-state index in [-0.39, 0.29) is 55.0 Å². The molecule has 0 unspecified atom stereocenters. The summed E-state index contributed by atoms with van der Waals surface area (Å²) in [5, 5.41) is 14.4. The van der Waals surface area contributed by atoms with E-state index in [2.05, 4.69) is 38.1 Å². The van der Waals surface area contributed by atoms with Gasteiger partial charge in [0.05, 0.1) is 20.9 Å². The monoisotopic (exact) mass is 583 g/mol. The number of ether oxygens (including phenoxy) is 1. The van der Waals surface area contributed by atoms with Crippen molar-refractivity contribution in [3.8, 4) is 23.1 Å². The van der Waals surface area contributed by atoms with Gasteiger partial charge in [0.15, 0.2) is 10.9 Å². The molecule has 0 amide bonds. The van der Waals surface area contributed by atoms with Crippen LogP contribution in [0.25, 0.3) is 32.2 Å². The number of piperazine rings is 1. The minimum Gasteiger partial charge on any atom is -0.475 e. The van der Waals surface area contributed by atoms with Crippen LogP contribution in [-0.2, 0) is 0 Å². The molecule has 6 rings (SSSR count). The standard InChI is InChI=1S/C28H28ClF2N7OS/c1-14-12-38(9-7-34-14)25-17-10-19(29)21(16-5-6-20(30)26-24(16)36-28(33)40-26)22(31)23(17)35-27(18(25)11-32)39-13-15-4-3-8-37(15)2/h5-6,10,14-15,34H,3-4,7-9,12-13H2,1-2H3,(H2,33,36)/t14-,15+/m1/s1. The average molecular weight is 584 g/mol. The van der Waals surface area contributed by atoms with Crippen molar-refractivity contribution in [3.05, 3.63) is 40.4 Å². The number of hydrogen-bond donors (Lipinski definition) is 2. The second-order valence-electron chi connectivity index (χ2n) is 10.4. The molecule has 3 N–H and O–H groups in total. The molecule has 2 aromatic carbocycles. The number of rotatable bonds is 5. The van der Waals surface area contributed by atoms with Crippen LogP contribution < -0.4 is 20.7 Å². The number of anilines is 2. The number of nitrogens with two attached hydrogens (primary N) is 1. The summed E-state index contributed by atoms with van der Waals surface area (Å²) in [5.41, 5.74) is 7.28. The zero-order valence-electron chi connectivity index (χ0n) is 22.1. The molecule has 0 radical (unpaired) electrons. The van der Waals surface area contributed by atoms with Crippen molar-refractivity contribution in [2.24, 2.45) is 0 Å². The number of hydrogen-bond acceptors (Lipinski definition) is 9. The van der Waals surface area contributed by atoms with Crippen LogP contribution in [0.4, 0.5) is 19.6 Å². The van der Waals surface area contributed by atoms with E-state index in [0.29, 0.717) is 42.9 Å². The predicted octanol–water partition coefficient (Wildman–Crippen LogP) is 5.17. The molecule has 12 heteroatoms. The Labute approximate surface area is 239 Å². The van der Waals surface area contributed by atoms with Gasteiger partial charge in [-0.1, -0.05) is 22.9 Å². The third-order valence-corrected chi connectivity index (χ3v) is 8.96. The number of fused-ring (bicyclic) bond motifs is 2. The highest BCUT2D eigenvalue weighted by atomic mass is 35.5. The van der Waals surface area contributed by atoms with Gasteiger partial charge in [0, 0.05) is 48.2 Å². The maximum atomic E-state index is 16.6. The number of likely N-dealkylation sites (tertiary alicyclic amines) is 1. The van der Waals surface area contributed by atoms with Crippen LogP contribution >= 0.6 is 22.9 Å². The predicted molar refractivity (Wildman–Crippen MR) is 155 cm³/mol. The number of nitrogens with zero attached hydrogens (tertiary/aromatic N) is 5. The first kappa shape index (κ1) is 26.9. The number of aromatic nitrogens is 2. The number of halogens is 3. The molecule has 2 aliphatic rings. The fourth-order valence-corrected chi connectivity index (χ4v) is 6.82. The molecular formula is C28H28ClF2N7OS. The average Bonchev–Trinajstić information content (AvgIpc) is 3.53. The van der Waals surface area contributed by atoms with E-state index in [9.17, 15) is 9.65 Å². The topological polar surface area (TPSA) is 103 Å². The zero-order chi connectivity index (χ0) is 28.1. The van der Waals surface area contributed by atoms with Gasteiger partial charge in [-0.3, -0.25) is 0 Å². The molecule has 4 heterocycles. The van der Waals surface area contributed by atoms with Crippen LogP contribution in [-0.4, -0.2) is 66.8 Å². The lowest BCUT2D eigenvalue weighted by Crippen LogP contribution is -2.49. The van der Waals surface area contributed by atoms with Crippen molar-refractivity contribution in [2.45, 2.75) is 31.8 Å². The summed E-state index contributed by atoms with van der Waals surface area (Å²) in [7, 11) is 2.04. The number of thiazole rings is 1. The third kappa shape index (κ3) is 4.59. The molecule has 2 aromatic heterocycles. The minimum absolute atomic E-state index is 0.0232. The summed E-state index contributed by atoms with van der Waals surface area (Å²) in [5.74, 6) is -1.10. The second kappa shape index (κ2) is 10.6. The van der Waals surface area contributed by atoms with Crippen LogP contribution in [0.1, 0.15) is 25.3 Å². The van der Waals surface area contributed by atoms with Gasteiger partial charge >= 0.3 is 0 Å². The normalized spacial score (nSPS) is 19.9. The second-order valence-corrected chi connectivity index (χ2v) is 11.8. The summed E-state index contributed by atoms with van der Waals surface area (Å²) in [6, 6.07) is 6.94. The smallest absolute Gasteiger partial charge is 0.234 e. The van der Waals surface area contributed by atoms with Crippen LogP contribution in [0.2, 0.25) is 5.02 Å². The highest BCUT2D eigenvalue weighted by Gasteiger charge is 2.30. The molecule has 2 saturated heterocycles. The molecule has 8 nitrogen and oxygen atoms in total. The van der Waals surface area contributed by atoms with Gasteiger partial charge in [0.1, 0.15) is 29.6 Å². The number of nitrogen functional groups attached to an aromatic ring is 1. The zero-order valence-corrected chi connectivity index (χ0v) is 23.7. The molecule has 2 aliphatic heterocycles. The van der Waals surface area contributed by atoms with E-state index < -0.39 is 11.6 Å². The first-order valence-corrected chi connectivity index (χ1v) is 14.4.